The molecule has 7 nitrogen and oxygen atoms in total. The zero-order valence-electron chi connectivity index (χ0n) is 14.5. The second-order valence-electron chi connectivity index (χ2n) is 5.70. The molecule has 26 heavy (non-hydrogen) atoms. The summed E-state index contributed by atoms with van der Waals surface area (Å²) in [6.07, 6.45) is 4.71. The Morgan fingerprint density at radius 2 is 1.92 bits per heavy atom. The number of hydrogen-bond donors (Lipinski definition) is 1. The second-order valence-corrected chi connectivity index (χ2v) is 5.70. The molecule has 0 aliphatic rings. The first-order chi connectivity index (χ1) is 12.6. The number of amides is 1. The number of aromatic nitrogens is 3. The molecule has 0 spiro atoms. The van der Waals surface area contributed by atoms with E-state index in [1.165, 1.54) is 11.0 Å². The Balaban J connectivity index is 1.80. The van der Waals surface area contributed by atoms with Crippen molar-refractivity contribution in [2.24, 2.45) is 0 Å². The summed E-state index contributed by atoms with van der Waals surface area (Å²) in [5.41, 5.74) is 1.75. The fraction of sp³-hybridized carbons (Fsp3) is 0.158. The number of nitrogens with zero attached hydrogens (tertiary/aromatic N) is 3. The number of carbonyl (C=O) groups excluding carboxylic acids is 1. The molecule has 1 amide bonds. The van der Waals surface area contributed by atoms with Gasteiger partial charge in [0.2, 0.25) is 0 Å². The van der Waals surface area contributed by atoms with Crippen LogP contribution in [-0.4, -0.2) is 39.9 Å². The Morgan fingerprint density at radius 1 is 1.15 bits per heavy atom. The summed E-state index contributed by atoms with van der Waals surface area (Å²) >= 11 is 0. The average molecular weight is 350 g/mol. The highest BCUT2D eigenvalue weighted by Gasteiger charge is 2.16. The Hall–Kier alpha value is -3.48. The van der Waals surface area contributed by atoms with Gasteiger partial charge in [0, 0.05) is 25.1 Å². The zero-order valence-corrected chi connectivity index (χ0v) is 14.5. The first-order valence-electron chi connectivity index (χ1n) is 7.96. The Morgan fingerprint density at radius 3 is 2.54 bits per heavy atom. The van der Waals surface area contributed by atoms with Crippen LogP contribution in [0, 0.1) is 0 Å². The fourth-order valence-electron chi connectivity index (χ4n) is 2.51. The van der Waals surface area contributed by atoms with Crippen molar-refractivity contribution in [2.75, 3.05) is 14.2 Å². The first-order valence-corrected chi connectivity index (χ1v) is 7.96. The molecule has 2 aromatic heterocycles. The second kappa shape index (κ2) is 7.60. The van der Waals surface area contributed by atoms with Crippen molar-refractivity contribution in [1.82, 2.24) is 19.9 Å². The van der Waals surface area contributed by atoms with Crippen LogP contribution in [0.5, 0.6) is 5.75 Å². The molecule has 0 aliphatic carbocycles. The van der Waals surface area contributed by atoms with Crippen LogP contribution in [-0.2, 0) is 6.54 Å². The summed E-state index contributed by atoms with van der Waals surface area (Å²) in [5, 5.41) is 0. The summed E-state index contributed by atoms with van der Waals surface area (Å²) in [6.45, 7) is 0.270. The maximum atomic E-state index is 12.5. The van der Waals surface area contributed by atoms with Crippen LogP contribution in [0.1, 0.15) is 16.1 Å². The SMILES string of the molecule is COc1ccc(-c2ccc(C(=O)N(C)Cc3cnccn3)c(=O)[nH]2)cc1. The van der Waals surface area contributed by atoms with Crippen molar-refractivity contribution in [1.29, 1.82) is 0 Å². The molecule has 7 heteroatoms. The van der Waals surface area contributed by atoms with Crippen molar-refractivity contribution in [3.63, 3.8) is 0 Å². The van der Waals surface area contributed by atoms with Crippen LogP contribution in [0.2, 0.25) is 0 Å². The number of ether oxygens (including phenoxy) is 1. The van der Waals surface area contributed by atoms with Gasteiger partial charge in [-0.3, -0.25) is 19.6 Å². The third kappa shape index (κ3) is 3.77. The van der Waals surface area contributed by atoms with Crippen LogP contribution >= 0.6 is 0 Å². The lowest BCUT2D eigenvalue weighted by Crippen LogP contribution is -2.31. The minimum atomic E-state index is -0.436. The Bertz CT molecular complexity index is 953. The third-order valence-electron chi connectivity index (χ3n) is 3.90. The predicted octanol–water partition coefficient (Wildman–Crippen LogP) is 2.11. The molecular formula is C19H18N4O3. The predicted molar refractivity (Wildman–Crippen MR) is 96.9 cm³/mol. The maximum absolute atomic E-state index is 12.5. The minimum absolute atomic E-state index is 0.0775. The van der Waals surface area contributed by atoms with Gasteiger partial charge in [0.15, 0.2) is 0 Å². The molecule has 0 saturated carbocycles. The maximum Gasteiger partial charge on any atom is 0.261 e. The van der Waals surface area contributed by atoms with E-state index in [9.17, 15) is 9.59 Å². The number of H-pyrrole nitrogens is 1. The number of benzene rings is 1. The van der Waals surface area contributed by atoms with Crippen molar-refractivity contribution in [2.45, 2.75) is 6.54 Å². The molecule has 1 aromatic carbocycles. The van der Waals surface area contributed by atoms with E-state index in [4.69, 9.17) is 4.74 Å². The van der Waals surface area contributed by atoms with Gasteiger partial charge < -0.3 is 14.6 Å². The van der Waals surface area contributed by atoms with E-state index in [1.54, 1.807) is 50.9 Å². The number of pyridine rings is 1. The lowest BCUT2D eigenvalue weighted by atomic mass is 10.1. The van der Waals surface area contributed by atoms with E-state index < -0.39 is 5.56 Å². The number of rotatable bonds is 5. The number of hydrogen-bond acceptors (Lipinski definition) is 5. The number of methoxy groups -OCH3 is 1. The topological polar surface area (TPSA) is 88.2 Å². The molecule has 0 aliphatic heterocycles. The van der Waals surface area contributed by atoms with Crippen molar-refractivity contribution in [3.8, 4) is 17.0 Å². The summed E-state index contributed by atoms with van der Waals surface area (Å²) < 4.78 is 5.12. The molecule has 0 bridgehead atoms. The lowest BCUT2D eigenvalue weighted by molar-refractivity contribution is 0.0781. The van der Waals surface area contributed by atoms with Crippen LogP contribution in [0.15, 0.2) is 59.8 Å². The van der Waals surface area contributed by atoms with Gasteiger partial charge in [0.25, 0.3) is 11.5 Å². The Labute approximate surface area is 150 Å². The molecule has 0 unspecified atom stereocenters. The van der Waals surface area contributed by atoms with Crippen molar-refractivity contribution >= 4 is 5.91 Å². The molecule has 0 saturated heterocycles. The fourth-order valence-corrected chi connectivity index (χ4v) is 2.51. The highest BCUT2D eigenvalue weighted by molar-refractivity contribution is 5.93. The monoisotopic (exact) mass is 350 g/mol. The quantitative estimate of drug-likeness (QED) is 0.761. The molecule has 0 atom stereocenters. The van der Waals surface area contributed by atoms with E-state index in [0.29, 0.717) is 11.4 Å². The van der Waals surface area contributed by atoms with Gasteiger partial charge in [0.05, 0.1) is 25.5 Å². The zero-order chi connectivity index (χ0) is 18.5. The molecule has 0 radical (unpaired) electrons. The third-order valence-corrected chi connectivity index (χ3v) is 3.90. The molecular weight excluding hydrogens is 332 g/mol. The summed E-state index contributed by atoms with van der Waals surface area (Å²) in [4.78, 5) is 37.2. The van der Waals surface area contributed by atoms with Gasteiger partial charge >= 0.3 is 0 Å². The van der Waals surface area contributed by atoms with E-state index in [0.717, 1.165) is 11.3 Å². The number of aromatic amines is 1. The van der Waals surface area contributed by atoms with Gasteiger partial charge in [-0.05, 0) is 42.0 Å². The van der Waals surface area contributed by atoms with E-state index in [2.05, 4.69) is 15.0 Å². The van der Waals surface area contributed by atoms with Crippen LogP contribution < -0.4 is 10.3 Å². The van der Waals surface area contributed by atoms with Gasteiger partial charge in [-0.2, -0.15) is 0 Å². The molecule has 0 fully saturated rings. The normalized spacial score (nSPS) is 10.4. The Kier molecular flexibility index (Phi) is 5.07. The van der Waals surface area contributed by atoms with Crippen LogP contribution in [0.4, 0.5) is 0 Å². The van der Waals surface area contributed by atoms with E-state index >= 15 is 0 Å². The van der Waals surface area contributed by atoms with Crippen molar-refractivity contribution in [3.05, 3.63) is 76.6 Å². The highest BCUT2D eigenvalue weighted by atomic mass is 16.5. The van der Waals surface area contributed by atoms with E-state index in [1.807, 2.05) is 12.1 Å². The molecule has 132 valence electrons. The summed E-state index contributed by atoms with van der Waals surface area (Å²) in [5.74, 6) is 0.353. The molecule has 3 aromatic rings. The molecule has 3 rings (SSSR count). The standard InChI is InChI=1S/C19H18N4O3/c1-23(12-14-11-20-9-10-21-14)19(25)16-7-8-17(22-18(16)24)13-3-5-15(26-2)6-4-13/h3-11H,12H2,1-2H3,(H,22,24). The lowest BCUT2D eigenvalue weighted by Gasteiger charge is -2.16. The van der Waals surface area contributed by atoms with Crippen LogP contribution in [0.3, 0.4) is 0 Å². The highest BCUT2D eigenvalue weighted by Crippen LogP contribution is 2.20. The van der Waals surface area contributed by atoms with Gasteiger partial charge in [-0.15, -0.1) is 0 Å². The van der Waals surface area contributed by atoms with Gasteiger partial charge in [-0.25, -0.2) is 0 Å². The summed E-state index contributed by atoms with van der Waals surface area (Å²) in [7, 11) is 3.21. The smallest absolute Gasteiger partial charge is 0.261 e. The van der Waals surface area contributed by atoms with E-state index in [-0.39, 0.29) is 18.0 Å². The number of carbonyl (C=O) groups is 1. The van der Waals surface area contributed by atoms with Gasteiger partial charge in [-0.1, -0.05) is 0 Å². The number of nitrogens with one attached hydrogen (secondary N) is 1. The molecule has 2 heterocycles. The minimum Gasteiger partial charge on any atom is -0.497 e. The largest absolute Gasteiger partial charge is 0.497 e. The summed E-state index contributed by atoms with van der Waals surface area (Å²) in [6, 6.07) is 10.5. The van der Waals surface area contributed by atoms with Crippen molar-refractivity contribution < 1.29 is 9.53 Å². The first kappa shape index (κ1) is 17.3. The van der Waals surface area contributed by atoms with Gasteiger partial charge in [0.1, 0.15) is 11.3 Å². The molecule has 1 N–H and O–H groups in total. The van der Waals surface area contributed by atoms with Crippen LogP contribution in [0.25, 0.3) is 11.3 Å². The average Bonchev–Trinajstić information content (AvgIpc) is 2.68.